The van der Waals surface area contributed by atoms with Gasteiger partial charge in [-0.3, -0.25) is 0 Å². The fraction of sp³-hybridized carbons (Fsp3) is 0.250. The highest BCUT2D eigenvalue weighted by molar-refractivity contribution is 5.72. The molecule has 3 N–H and O–H groups in total. The Bertz CT molecular complexity index is 489. The lowest BCUT2D eigenvalue weighted by Crippen LogP contribution is -1.95. The summed E-state index contributed by atoms with van der Waals surface area (Å²) < 4.78 is 0. The van der Waals surface area contributed by atoms with Gasteiger partial charge in [-0.1, -0.05) is 37.6 Å². The summed E-state index contributed by atoms with van der Waals surface area (Å²) in [6.07, 6.45) is 3.64. The predicted molar refractivity (Wildman–Crippen MR) is 79.2 cm³/mol. The fourth-order valence-corrected chi connectivity index (χ4v) is 1.90. The molecular weight excluding hydrogens is 220 g/mol. The Morgan fingerprint density at radius 1 is 1.00 bits per heavy atom. The lowest BCUT2D eigenvalue weighted by Gasteiger charge is -2.09. The van der Waals surface area contributed by atoms with E-state index in [2.05, 4.69) is 36.5 Å². The van der Waals surface area contributed by atoms with E-state index in [0.717, 1.165) is 23.5 Å². The van der Waals surface area contributed by atoms with Crippen LogP contribution in [0.15, 0.2) is 48.5 Å². The van der Waals surface area contributed by atoms with Crippen molar-refractivity contribution in [3.05, 3.63) is 54.1 Å². The lowest BCUT2D eigenvalue weighted by molar-refractivity contribution is 0.795. The third-order valence-corrected chi connectivity index (χ3v) is 3.01. The first-order chi connectivity index (χ1) is 8.79. The van der Waals surface area contributed by atoms with Gasteiger partial charge in [-0.05, 0) is 42.7 Å². The minimum Gasteiger partial charge on any atom is -0.397 e. The van der Waals surface area contributed by atoms with Gasteiger partial charge in [0.05, 0.1) is 11.4 Å². The van der Waals surface area contributed by atoms with Crippen LogP contribution in [0.25, 0.3) is 0 Å². The summed E-state index contributed by atoms with van der Waals surface area (Å²) in [5.41, 5.74) is 10.1. The second kappa shape index (κ2) is 6.10. The number of nitrogens with two attached hydrogens (primary N) is 1. The van der Waals surface area contributed by atoms with Crippen molar-refractivity contribution in [1.82, 2.24) is 0 Å². The molecule has 0 amide bonds. The van der Waals surface area contributed by atoms with Crippen molar-refractivity contribution in [2.75, 3.05) is 11.1 Å². The van der Waals surface area contributed by atoms with Gasteiger partial charge in [-0.25, -0.2) is 0 Å². The zero-order valence-corrected chi connectivity index (χ0v) is 10.8. The van der Waals surface area contributed by atoms with Crippen LogP contribution in [-0.4, -0.2) is 0 Å². The van der Waals surface area contributed by atoms with Crippen LogP contribution >= 0.6 is 0 Å². The molecule has 0 aliphatic heterocycles. The molecule has 0 saturated heterocycles. The molecule has 2 heteroatoms. The molecule has 0 fully saturated rings. The number of para-hydroxylation sites is 2. The Balaban J connectivity index is 2.04. The molecule has 94 valence electrons. The van der Waals surface area contributed by atoms with Gasteiger partial charge in [0, 0.05) is 5.69 Å². The smallest absolute Gasteiger partial charge is 0.0617 e. The molecule has 2 rings (SSSR count). The molecule has 0 aromatic heterocycles. The standard InChI is InChI=1S/C16H20N2/c1-2-3-6-13-9-11-14(12-10-13)18-16-8-5-4-7-15(16)17/h4-5,7-12,18H,2-3,6,17H2,1H3. The third-order valence-electron chi connectivity index (χ3n) is 3.01. The Morgan fingerprint density at radius 3 is 2.39 bits per heavy atom. The Hall–Kier alpha value is -1.96. The normalized spacial score (nSPS) is 10.3. The molecule has 0 saturated carbocycles. The summed E-state index contributed by atoms with van der Waals surface area (Å²) in [4.78, 5) is 0. The van der Waals surface area contributed by atoms with E-state index in [-0.39, 0.29) is 0 Å². The van der Waals surface area contributed by atoms with E-state index < -0.39 is 0 Å². The lowest BCUT2D eigenvalue weighted by atomic mass is 10.1. The summed E-state index contributed by atoms with van der Waals surface area (Å²) in [5.74, 6) is 0. The van der Waals surface area contributed by atoms with Crippen LogP contribution in [0, 0.1) is 0 Å². The molecule has 0 heterocycles. The van der Waals surface area contributed by atoms with Gasteiger partial charge in [0.25, 0.3) is 0 Å². The Kier molecular flexibility index (Phi) is 4.24. The summed E-state index contributed by atoms with van der Waals surface area (Å²) in [6.45, 7) is 2.22. The number of anilines is 3. The minimum absolute atomic E-state index is 0.771. The van der Waals surface area contributed by atoms with Crippen LogP contribution < -0.4 is 11.1 Å². The predicted octanol–water partition coefficient (Wildman–Crippen LogP) is 4.36. The molecule has 2 nitrogen and oxygen atoms in total. The molecule has 0 bridgehead atoms. The molecule has 0 unspecified atom stereocenters. The number of hydrogen-bond donors (Lipinski definition) is 2. The molecule has 18 heavy (non-hydrogen) atoms. The number of aryl methyl sites for hydroxylation is 1. The van der Waals surface area contributed by atoms with Crippen LogP contribution in [0.2, 0.25) is 0 Å². The topological polar surface area (TPSA) is 38.0 Å². The molecule has 0 radical (unpaired) electrons. The van der Waals surface area contributed by atoms with Crippen molar-refractivity contribution in [3.8, 4) is 0 Å². The average Bonchev–Trinajstić information content (AvgIpc) is 2.41. The van der Waals surface area contributed by atoms with Crippen LogP contribution in [0.1, 0.15) is 25.3 Å². The van der Waals surface area contributed by atoms with Gasteiger partial charge < -0.3 is 11.1 Å². The second-order valence-electron chi connectivity index (χ2n) is 4.51. The molecule has 0 aliphatic carbocycles. The van der Waals surface area contributed by atoms with E-state index in [4.69, 9.17) is 5.73 Å². The van der Waals surface area contributed by atoms with Gasteiger partial charge >= 0.3 is 0 Å². The molecule has 0 spiro atoms. The van der Waals surface area contributed by atoms with Gasteiger partial charge in [-0.15, -0.1) is 0 Å². The number of nitrogens with one attached hydrogen (secondary N) is 1. The maximum atomic E-state index is 5.90. The van der Waals surface area contributed by atoms with Crippen LogP contribution in [0.4, 0.5) is 17.1 Å². The number of unbranched alkanes of at least 4 members (excludes halogenated alkanes) is 1. The van der Waals surface area contributed by atoms with Gasteiger partial charge in [-0.2, -0.15) is 0 Å². The molecular formula is C16H20N2. The third kappa shape index (κ3) is 3.27. The van der Waals surface area contributed by atoms with E-state index in [0.29, 0.717) is 0 Å². The van der Waals surface area contributed by atoms with E-state index in [1.807, 2.05) is 24.3 Å². The first-order valence-electron chi connectivity index (χ1n) is 6.50. The average molecular weight is 240 g/mol. The minimum atomic E-state index is 0.771. The quantitative estimate of drug-likeness (QED) is 0.762. The number of rotatable bonds is 5. The molecule has 0 aliphatic rings. The number of benzene rings is 2. The van der Waals surface area contributed by atoms with Crippen molar-refractivity contribution in [3.63, 3.8) is 0 Å². The highest BCUT2D eigenvalue weighted by Gasteiger charge is 1.98. The van der Waals surface area contributed by atoms with E-state index in [1.165, 1.54) is 18.4 Å². The zero-order chi connectivity index (χ0) is 12.8. The maximum absolute atomic E-state index is 5.90. The number of hydrogen-bond acceptors (Lipinski definition) is 2. The monoisotopic (exact) mass is 240 g/mol. The number of nitrogen functional groups attached to an aromatic ring is 1. The SMILES string of the molecule is CCCCc1ccc(Nc2ccccc2N)cc1. The highest BCUT2D eigenvalue weighted by atomic mass is 14.9. The molecule has 2 aromatic rings. The van der Waals surface area contributed by atoms with Crippen LogP contribution in [0.5, 0.6) is 0 Å². The van der Waals surface area contributed by atoms with Crippen molar-refractivity contribution >= 4 is 17.1 Å². The van der Waals surface area contributed by atoms with Gasteiger partial charge in [0.1, 0.15) is 0 Å². The van der Waals surface area contributed by atoms with Crippen LogP contribution in [0.3, 0.4) is 0 Å². The Morgan fingerprint density at radius 2 is 1.72 bits per heavy atom. The first-order valence-corrected chi connectivity index (χ1v) is 6.50. The second-order valence-corrected chi connectivity index (χ2v) is 4.51. The Labute approximate surface area is 109 Å². The summed E-state index contributed by atoms with van der Waals surface area (Å²) >= 11 is 0. The zero-order valence-electron chi connectivity index (χ0n) is 10.8. The maximum Gasteiger partial charge on any atom is 0.0617 e. The first kappa shape index (κ1) is 12.5. The van der Waals surface area contributed by atoms with Gasteiger partial charge in [0.15, 0.2) is 0 Å². The fourth-order valence-electron chi connectivity index (χ4n) is 1.90. The van der Waals surface area contributed by atoms with Crippen molar-refractivity contribution in [1.29, 1.82) is 0 Å². The van der Waals surface area contributed by atoms with Crippen molar-refractivity contribution in [2.24, 2.45) is 0 Å². The van der Waals surface area contributed by atoms with E-state index >= 15 is 0 Å². The summed E-state index contributed by atoms with van der Waals surface area (Å²) in [5, 5.41) is 3.33. The van der Waals surface area contributed by atoms with Crippen molar-refractivity contribution in [2.45, 2.75) is 26.2 Å². The molecule has 0 atom stereocenters. The molecule has 2 aromatic carbocycles. The van der Waals surface area contributed by atoms with E-state index in [9.17, 15) is 0 Å². The highest BCUT2D eigenvalue weighted by Crippen LogP contribution is 2.22. The van der Waals surface area contributed by atoms with E-state index in [1.54, 1.807) is 0 Å². The largest absolute Gasteiger partial charge is 0.397 e. The summed E-state index contributed by atoms with van der Waals surface area (Å²) in [7, 11) is 0. The van der Waals surface area contributed by atoms with Gasteiger partial charge in [0.2, 0.25) is 0 Å². The van der Waals surface area contributed by atoms with Crippen LogP contribution in [-0.2, 0) is 6.42 Å². The summed E-state index contributed by atoms with van der Waals surface area (Å²) in [6, 6.07) is 16.4. The van der Waals surface area contributed by atoms with Crippen molar-refractivity contribution < 1.29 is 0 Å².